The number of carbonyl (C=O) groups excluding carboxylic acids is 1. The first-order valence-electron chi connectivity index (χ1n) is 5.11. The van der Waals surface area contributed by atoms with Crippen LogP contribution in [0.3, 0.4) is 0 Å². The number of nitrogens with two attached hydrogens (primary N) is 1. The lowest BCUT2D eigenvalue weighted by atomic mass is 10.0. The highest BCUT2D eigenvalue weighted by molar-refractivity contribution is 5.97. The summed E-state index contributed by atoms with van der Waals surface area (Å²) in [6, 6.07) is 9.29. The van der Waals surface area contributed by atoms with E-state index in [4.69, 9.17) is 15.4 Å². The molecule has 0 radical (unpaired) electrons. The van der Waals surface area contributed by atoms with Crippen LogP contribution in [0.1, 0.15) is 16.1 Å². The van der Waals surface area contributed by atoms with Crippen molar-refractivity contribution in [3.05, 3.63) is 51.8 Å². The van der Waals surface area contributed by atoms with E-state index in [0.717, 1.165) is 6.07 Å². The molecule has 0 unspecified atom stereocenters. The monoisotopic (exact) mass is 257 g/mol. The zero-order chi connectivity index (χ0) is 14.0. The van der Waals surface area contributed by atoms with E-state index in [0.29, 0.717) is 11.1 Å². The van der Waals surface area contributed by atoms with E-state index in [1.807, 2.05) is 6.07 Å². The van der Waals surface area contributed by atoms with Crippen LogP contribution in [-0.4, -0.2) is 10.8 Å². The Morgan fingerprint density at radius 3 is 2.74 bits per heavy atom. The van der Waals surface area contributed by atoms with Crippen molar-refractivity contribution in [1.29, 1.82) is 5.26 Å². The Morgan fingerprint density at radius 2 is 2.16 bits per heavy atom. The summed E-state index contributed by atoms with van der Waals surface area (Å²) in [5.74, 6) is -1.79. The molecule has 7 heteroatoms. The molecule has 1 heterocycles. The fourth-order valence-corrected chi connectivity index (χ4v) is 1.62. The molecule has 2 N–H and O–H groups in total. The number of nitrogens with zero attached hydrogens (tertiary/aromatic N) is 2. The zero-order valence-corrected chi connectivity index (χ0v) is 9.49. The van der Waals surface area contributed by atoms with Crippen molar-refractivity contribution in [3.8, 4) is 17.2 Å². The van der Waals surface area contributed by atoms with Crippen LogP contribution in [0, 0.1) is 21.4 Å². The quantitative estimate of drug-likeness (QED) is 0.663. The summed E-state index contributed by atoms with van der Waals surface area (Å²) in [4.78, 5) is 21.1. The Balaban J connectivity index is 2.63. The smallest absolute Gasteiger partial charge is 0.395 e. The summed E-state index contributed by atoms with van der Waals surface area (Å²) in [5.41, 5.74) is 6.11. The van der Waals surface area contributed by atoms with Gasteiger partial charge in [0, 0.05) is 5.56 Å². The van der Waals surface area contributed by atoms with Gasteiger partial charge >= 0.3 is 5.88 Å². The maximum absolute atomic E-state index is 11.2. The second-order valence-electron chi connectivity index (χ2n) is 3.64. The lowest BCUT2D eigenvalue weighted by molar-refractivity contribution is -0.402. The molecule has 0 atom stereocenters. The minimum Gasteiger partial charge on any atom is -0.395 e. The molecule has 1 amide bonds. The van der Waals surface area contributed by atoms with Crippen LogP contribution in [0.2, 0.25) is 0 Å². The van der Waals surface area contributed by atoms with Gasteiger partial charge in [-0.15, -0.1) is 0 Å². The number of carbonyl (C=O) groups is 1. The van der Waals surface area contributed by atoms with E-state index in [2.05, 4.69) is 0 Å². The molecule has 0 saturated heterocycles. The fraction of sp³-hybridized carbons (Fsp3) is 0. The molecule has 0 bridgehead atoms. The maximum atomic E-state index is 11.2. The van der Waals surface area contributed by atoms with Gasteiger partial charge < -0.3 is 10.2 Å². The highest BCUT2D eigenvalue weighted by Crippen LogP contribution is 2.31. The third kappa shape index (κ3) is 2.28. The minimum absolute atomic E-state index is 0.191. The largest absolute Gasteiger partial charge is 0.434 e. The molecule has 0 spiro atoms. The first kappa shape index (κ1) is 12.3. The summed E-state index contributed by atoms with van der Waals surface area (Å²) >= 11 is 0. The second-order valence-corrected chi connectivity index (χ2v) is 3.64. The van der Waals surface area contributed by atoms with Crippen molar-refractivity contribution in [2.24, 2.45) is 5.73 Å². The Kier molecular flexibility index (Phi) is 3.00. The van der Waals surface area contributed by atoms with Gasteiger partial charge in [-0.25, -0.2) is 0 Å². The van der Waals surface area contributed by atoms with Crippen LogP contribution >= 0.6 is 0 Å². The molecule has 0 fully saturated rings. The van der Waals surface area contributed by atoms with Crippen LogP contribution in [0.15, 0.2) is 34.7 Å². The summed E-state index contributed by atoms with van der Waals surface area (Å²) in [5, 5.41) is 19.5. The van der Waals surface area contributed by atoms with Crippen molar-refractivity contribution in [2.75, 3.05) is 0 Å². The summed E-state index contributed by atoms with van der Waals surface area (Å²) in [6.07, 6.45) is 0. The molecule has 1 aromatic carbocycles. The Morgan fingerprint density at radius 1 is 1.42 bits per heavy atom. The number of benzene rings is 1. The van der Waals surface area contributed by atoms with Crippen molar-refractivity contribution in [3.63, 3.8) is 0 Å². The number of rotatable bonds is 3. The highest BCUT2D eigenvalue weighted by Gasteiger charge is 2.23. The van der Waals surface area contributed by atoms with Gasteiger partial charge in [0.1, 0.15) is 4.92 Å². The maximum Gasteiger partial charge on any atom is 0.434 e. The number of furan rings is 1. The van der Waals surface area contributed by atoms with E-state index in [-0.39, 0.29) is 11.3 Å². The molecule has 0 saturated carbocycles. The molecule has 94 valence electrons. The first-order valence-corrected chi connectivity index (χ1v) is 5.11. The third-order valence-corrected chi connectivity index (χ3v) is 2.43. The van der Waals surface area contributed by atoms with Crippen molar-refractivity contribution in [1.82, 2.24) is 0 Å². The van der Waals surface area contributed by atoms with Gasteiger partial charge in [0.05, 0.1) is 17.7 Å². The Hall–Kier alpha value is -3.14. The molecule has 7 nitrogen and oxygen atoms in total. The molecule has 0 aliphatic heterocycles. The van der Waals surface area contributed by atoms with Crippen molar-refractivity contribution < 1.29 is 14.1 Å². The van der Waals surface area contributed by atoms with Crippen LogP contribution < -0.4 is 5.73 Å². The van der Waals surface area contributed by atoms with Gasteiger partial charge in [-0.05, 0) is 17.7 Å². The van der Waals surface area contributed by atoms with E-state index in [1.54, 1.807) is 18.2 Å². The Labute approximate surface area is 107 Å². The fourth-order valence-electron chi connectivity index (χ4n) is 1.62. The standard InChI is InChI=1S/C12H7N3O4/c13-6-7-2-1-3-8(4-7)9-5-10(15(17)18)19-11(9)12(14)16/h1-5H,(H2,14,16). The highest BCUT2D eigenvalue weighted by atomic mass is 16.6. The van der Waals surface area contributed by atoms with Crippen molar-refractivity contribution in [2.45, 2.75) is 0 Å². The van der Waals surface area contributed by atoms with Gasteiger partial charge in [-0.1, -0.05) is 12.1 Å². The molecule has 2 rings (SSSR count). The van der Waals surface area contributed by atoms with Crippen LogP contribution in [0.4, 0.5) is 5.88 Å². The van der Waals surface area contributed by atoms with E-state index < -0.39 is 16.7 Å². The topological polar surface area (TPSA) is 123 Å². The molecule has 0 aliphatic rings. The Bertz CT molecular complexity index is 712. The molecule has 19 heavy (non-hydrogen) atoms. The SMILES string of the molecule is N#Cc1cccc(-c2cc([N+](=O)[O-])oc2C(N)=O)c1. The van der Waals surface area contributed by atoms with Crippen LogP contribution in [0.5, 0.6) is 0 Å². The summed E-state index contributed by atoms with van der Waals surface area (Å²) < 4.78 is 4.81. The van der Waals surface area contributed by atoms with E-state index in [9.17, 15) is 14.9 Å². The molecular weight excluding hydrogens is 250 g/mol. The number of hydrogen-bond acceptors (Lipinski definition) is 5. The van der Waals surface area contributed by atoms with Crippen molar-refractivity contribution >= 4 is 11.8 Å². The molecular formula is C12H7N3O4. The third-order valence-electron chi connectivity index (χ3n) is 2.43. The number of amides is 1. The van der Waals surface area contributed by atoms with E-state index >= 15 is 0 Å². The summed E-state index contributed by atoms with van der Waals surface area (Å²) in [7, 11) is 0. The average molecular weight is 257 g/mol. The second kappa shape index (κ2) is 4.62. The van der Waals surface area contributed by atoms with Crippen LogP contribution in [-0.2, 0) is 0 Å². The number of nitro groups is 1. The molecule has 0 aliphatic carbocycles. The lowest BCUT2D eigenvalue weighted by Gasteiger charge is -1.99. The molecule has 2 aromatic rings. The average Bonchev–Trinajstić information content (AvgIpc) is 2.84. The van der Waals surface area contributed by atoms with Gasteiger partial charge in [0.15, 0.2) is 0 Å². The number of hydrogen-bond donors (Lipinski definition) is 1. The predicted molar refractivity (Wildman–Crippen MR) is 64.0 cm³/mol. The lowest BCUT2D eigenvalue weighted by Crippen LogP contribution is -2.10. The first-order chi connectivity index (χ1) is 9.02. The number of nitriles is 1. The van der Waals surface area contributed by atoms with Gasteiger partial charge in [-0.2, -0.15) is 5.26 Å². The number of primary amides is 1. The van der Waals surface area contributed by atoms with Gasteiger partial charge in [0.25, 0.3) is 5.91 Å². The van der Waals surface area contributed by atoms with Crippen LogP contribution in [0.25, 0.3) is 11.1 Å². The predicted octanol–water partition coefficient (Wildman–Crippen LogP) is 1.83. The van der Waals surface area contributed by atoms with Gasteiger partial charge in [-0.3, -0.25) is 14.9 Å². The normalized spacial score (nSPS) is 9.84. The van der Waals surface area contributed by atoms with E-state index in [1.165, 1.54) is 6.07 Å². The molecule has 1 aromatic heterocycles. The zero-order valence-electron chi connectivity index (χ0n) is 9.49. The minimum atomic E-state index is -0.912. The summed E-state index contributed by atoms with van der Waals surface area (Å²) in [6.45, 7) is 0. The van der Waals surface area contributed by atoms with Gasteiger partial charge in [0.2, 0.25) is 5.76 Å².